The van der Waals surface area contributed by atoms with E-state index in [2.05, 4.69) is 55.6 Å². The topological polar surface area (TPSA) is 55.1 Å². The van der Waals surface area contributed by atoms with Crippen LogP contribution in [0, 0.1) is 0 Å². The van der Waals surface area contributed by atoms with Gasteiger partial charge in [0, 0.05) is 35.6 Å². The van der Waals surface area contributed by atoms with Gasteiger partial charge in [-0.3, -0.25) is 0 Å². The van der Waals surface area contributed by atoms with Crippen LogP contribution in [0.1, 0.15) is 50.2 Å². The lowest BCUT2D eigenvalue weighted by atomic mass is 9.96. The van der Waals surface area contributed by atoms with Gasteiger partial charge < -0.3 is 9.42 Å². The molecule has 3 rings (SSSR count). The Morgan fingerprint density at radius 3 is 2.71 bits per heavy atom. The van der Waals surface area contributed by atoms with E-state index in [1.807, 2.05) is 6.20 Å². The third kappa shape index (κ3) is 3.43. The molecule has 2 aromatic rings. The first-order chi connectivity index (χ1) is 10.1. The smallest absolute Gasteiger partial charge is 0.229 e. The molecule has 1 fully saturated rings. The number of halogens is 1. The molecule has 2 aromatic heterocycles. The molecule has 0 atom stereocenters. The predicted molar refractivity (Wildman–Crippen MR) is 87.0 cm³/mol. The van der Waals surface area contributed by atoms with Gasteiger partial charge in [0.05, 0.1) is 0 Å². The highest BCUT2D eigenvalue weighted by Crippen LogP contribution is 2.32. The molecule has 5 nitrogen and oxygen atoms in total. The summed E-state index contributed by atoms with van der Waals surface area (Å²) in [4.78, 5) is 11.4. The van der Waals surface area contributed by atoms with Gasteiger partial charge in [0.1, 0.15) is 0 Å². The zero-order chi connectivity index (χ0) is 14.8. The molecular weight excluding hydrogens is 351 g/mol. The number of piperidine rings is 1. The van der Waals surface area contributed by atoms with Gasteiger partial charge in [0.25, 0.3) is 0 Å². The summed E-state index contributed by atoms with van der Waals surface area (Å²) in [6.07, 6.45) is 3.97. The molecule has 0 N–H and O–H groups in total. The van der Waals surface area contributed by atoms with Crippen molar-refractivity contribution in [2.45, 2.75) is 38.5 Å². The van der Waals surface area contributed by atoms with Crippen LogP contribution in [0.4, 0.5) is 5.55 Å². The van der Waals surface area contributed by atoms with Gasteiger partial charge in [-0.2, -0.15) is 4.98 Å². The zero-order valence-electron chi connectivity index (χ0n) is 12.2. The molecule has 0 spiro atoms. The predicted octanol–water partition coefficient (Wildman–Crippen LogP) is 4.31. The largest absolute Gasteiger partial charge is 0.353 e. The summed E-state index contributed by atoms with van der Waals surface area (Å²) in [5, 5.41) is 4.15. The second-order valence-electron chi connectivity index (χ2n) is 5.61. The minimum absolute atomic E-state index is 0.294. The lowest BCUT2D eigenvalue weighted by Crippen LogP contribution is -2.33. The van der Waals surface area contributed by atoms with Gasteiger partial charge in [-0.05, 0) is 42.8 Å². The minimum Gasteiger partial charge on any atom is -0.353 e. The molecule has 0 unspecified atom stereocenters. The van der Waals surface area contributed by atoms with E-state index in [-0.39, 0.29) is 0 Å². The monoisotopic (exact) mass is 368 g/mol. The van der Waals surface area contributed by atoms with Gasteiger partial charge in [-0.25, -0.2) is 4.98 Å². The van der Waals surface area contributed by atoms with Gasteiger partial charge in [0.2, 0.25) is 5.89 Å². The van der Waals surface area contributed by atoms with Crippen LogP contribution in [0.5, 0.6) is 0 Å². The lowest BCUT2D eigenvalue weighted by molar-refractivity contribution is 0.353. The Labute approximate surface area is 134 Å². The maximum atomic E-state index is 5.32. The van der Waals surface area contributed by atoms with Crippen molar-refractivity contribution < 1.29 is 4.52 Å². The Balaban J connectivity index is 1.63. The summed E-state index contributed by atoms with van der Waals surface area (Å²) >= 11 is 3.44. The van der Waals surface area contributed by atoms with Crippen LogP contribution in [-0.4, -0.2) is 28.2 Å². The molecule has 7 heteroatoms. The Kier molecular flexibility index (Phi) is 4.55. The molecule has 0 aliphatic carbocycles. The van der Waals surface area contributed by atoms with E-state index in [0.29, 0.717) is 11.8 Å². The molecule has 3 heterocycles. The molecule has 0 bridgehead atoms. The second kappa shape index (κ2) is 6.41. The van der Waals surface area contributed by atoms with Crippen molar-refractivity contribution >= 4 is 29.7 Å². The Bertz CT molecular complexity index is 593. The normalized spacial score (nSPS) is 17.0. The van der Waals surface area contributed by atoms with Crippen LogP contribution < -0.4 is 4.90 Å². The first-order valence-corrected chi connectivity index (χ1v) is 8.95. The molecule has 1 saturated heterocycles. The number of rotatable bonds is 3. The number of hydrogen-bond acceptors (Lipinski definition) is 5. The van der Waals surface area contributed by atoms with E-state index < -0.39 is 0 Å². The van der Waals surface area contributed by atoms with Crippen LogP contribution >= 0.6 is 24.1 Å². The molecule has 21 heavy (non-hydrogen) atoms. The summed E-state index contributed by atoms with van der Waals surface area (Å²) < 4.78 is 6.37. The summed E-state index contributed by atoms with van der Waals surface area (Å²) in [6.45, 7) is 6.15. The minimum atomic E-state index is 0.294. The summed E-state index contributed by atoms with van der Waals surface area (Å²) in [5.74, 6) is 4.44. The number of aromatic nitrogens is 3. The average molecular weight is 369 g/mol. The van der Waals surface area contributed by atoms with Crippen molar-refractivity contribution in [2.24, 2.45) is 0 Å². The molecule has 0 saturated carbocycles. The number of anilines is 1. The van der Waals surface area contributed by atoms with E-state index in [1.54, 1.807) is 0 Å². The van der Waals surface area contributed by atoms with Gasteiger partial charge in [-0.1, -0.05) is 19.0 Å². The first kappa shape index (κ1) is 14.9. The first-order valence-electron chi connectivity index (χ1n) is 7.19. The molecule has 0 radical (unpaired) electrons. The van der Waals surface area contributed by atoms with E-state index in [4.69, 9.17) is 4.52 Å². The fourth-order valence-corrected chi connectivity index (χ4v) is 3.66. The van der Waals surface area contributed by atoms with Crippen molar-refractivity contribution in [1.82, 2.24) is 15.1 Å². The lowest BCUT2D eigenvalue weighted by Gasteiger charge is -2.31. The molecular formula is C14H18BrN4OP. The van der Waals surface area contributed by atoms with Crippen molar-refractivity contribution in [3.05, 3.63) is 28.2 Å². The third-order valence-electron chi connectivity index (χ3n) is 3.70. The summed E-state index contributed by atoms with van der Waals surface area (Å²) in [7, 11) is 1.16. The quantitative estimate of drug-likeness (QED) is 0.807. The SMILES string of the molecule is CC(C)c1nc(C2CCN(c3ncc(Br)cp3)CC2)no1. The van der Waals surface area contributed by atoms with Gasteiger partial charge in [0.15, 0.2) is 11.4 Å². The Morgan fingerprint density at radius 2 is 2.14 bits per heavy atom. The van der Waals surface area contributed by atoms with Gasteiger partial charge >= 0.3 is 0 Å². The maximum Gasteiger partial charge on any atom is 0.229 e. The molecule has 1 aliphatic heterocycles. The molecule has 0 aromatic carbocycles. The van der Waals surface area contributed by atoms with Crippen molar-refractivity contribution in [2.75, 3.05) is 18.0 Å². The summed E-state index contributed by atoms with van der Waals surface area (Å²) in [6, 6.07) is 0. The van der Waals surface area contributed by atoms with Crippen LogP contribution in [-0.2, 0) is 0 Å². The zero-order valence-corrected chi connectivity index (χ0v) is 14.6. The highest BCUT2D eigenvalue weighted by Gasteiger charge is 2.25. The summed E-state index contributed by atoms with van der Waals surface area (Å²) in [5.41, 5.74) is 1.13. The Hall–Kier alpha value is -1.00. The van der Waals surface area contributed by atoms with Crippen LogP contribution in [0.2, 0.25) is 0 Å². The highest BCUT2D eigenvalue weighted by molar-refractivity contribution is 9.10. The fourth-order valence-electron chi connectivity index (χ4n) is 2.45. The van der Waals surface area contributed by atoms with Crippen molar-refractivity contribution in [1.29, 1.82) is 0 Å². The van der Waals surface area contributed by atoms with Crippen LogP contribution in [0.25, 0.3) is 0 Å². The van der Waals surface area contributed by atoms with Crippen molar-refractivity contribution in [3.8, 4) is 0 Å². The van der Waals surface area contributed by atoms with E-state index in [0.717, 1.165) is 55.9 Å². The molecule has 112 valence electrons. The highest BCUT2D eigenvalue weighted by atomic mass is 79.9. The standard InChI is InChI=1S/C14H18BrN4OP/c1-9(2)13-17-12(18-20-13)10-3-5-19(6-4-10)14-16-7-11(15)8-21-14/h7-10H,3-6H2,1-2H3. The van der Waals surface area contributed by atoms with Gasteiger partial charge in [-0.15, -0.1) is 0 Å². The maximum absolute atomic E-state index is 5.32. The molecule has 1 aliphatic rings. The molecule has 0 amide bonds. The second-order valence-corrected chi connectivity index (χ2v) is 7.44. The van der Waals surface area contributed by atoms with E-state index in [9.17, 15) is 0 Å². The number of hydrogen-bond donors (Lipinski definition) is 0. The van der Waals surface area contributed by atoms with Crippen LogP contribution in [0.15, 0.2) is 21.0 Å². The van der Waals surface area contributed by atoms with E-state index >= 15 is 0 Å². The van der Waals surface area contributed by atoms with E-state index in [1.165, 1.54) is 0 Å². The average Bonchev–Trinajstić information content (AvgIpc) is 2.98. The number of nitrogens with zero attached hydrogens (tertiary/aromatic N) is 4. The third-order valence-corrected chi connectivity index (χ3v) is 5.53. The van der Waals surface area contributed by atoms with Crippen LogP contribution in [0.3, 0.4) is 0 Å². The fraction of sp³-hybridized carbons (Fsp3) is 0.571. The van der Waals surface area contributed by atoms with Crippen molar-refractivity contribution in [3.63, 3.8) is 0 Å². The Morgan fingerprint density at radius 1 is 1.38 bits per heavy atom.